The Morgan fingerprint density at radius 1 is 1.44 bits per heavy atom. The first-order valence-corrected chi connectivity index (χ1v) is 6.24. The van der Waals surface area contributed by atoms with E-state index in [1.807, 2.05) is 24.6 Å². The van der Waals surface area contributed by atoms with Crippen LogP contribution in [0, 0.1) is 0 Å². The van der Waals surface area contributed by atoms with Crippen LogP contribution in [-0.2, 0) is 13.1 Å². The Hall–Kier alpha value is -1.69. The minimum Gasteiger partial charge on any atom is -0.337 e. The number of nitrogens with one attached hydrogen (secondary N) is 1. The predicted molar refractivity (Wildman–Crippen MR) is 67.1 cm³/mol. The van der Waals surface area contributed by atoms with Crippen molar-refractivity contribution in [1.29, 1.82) is 0 Å². The van der Waals surface area contributed by atoms with Gasteiger partial charge in [0.05, 0.1) is 6.54 Å². The maximum absolute atomic E-state index is 5.23. The lowest BCUT2D eigenvalue weighted by molar-refractivity contribution is 0.362. The van der Waals surface area contributed by atoms with Gasteiger partial charge < -0.3 is 14.4 Å². The first kappa shape index (κ1) is 12.8. The van der Waals surface area contributed by atoms with Crippen molar-refractivity contribution in [3.05, 3.63) is 29.9 Å². The topological polar surface area (TPSA) is 68.8 Å². The van der Waals surface area contributed by atoms with Gasteiger partial charge in [0.15, 0.2) is 5.82 Å². The van der Waals surface area contributed by atoms with Crippen molar-refractivity contribution in [3.8, 4) is 0 Å². The third-order valence-corrected chi connectivity index (χ3v) is 2.64. The quantitative estimate of drug-likeness (QED) is 0.841. The Labute approximate surface area is 106 Å². The van der Waals surface area contributed by atoms with Crippen LogP contribution in [0.15, 0.2) is 16.9 Å². The van der Waals surface area contributed by atoms with Crippen molar-refractivity contribution in [2.45, 2.75) is 39.8 Å². The second-order valence-electron chi connectivity index (χ2n) is 4.45. The molecular formula is C12H19N5O. The minimum atomic E-state index is 0.284. The van der Waals surface area contributed by atoms with Crippen LogP contribution in [0.4, 0.5) is 0 Å². The molecule has 1 N–H and O–H groups in total. The molecule has 6 heteroatoms. The molecule has 0 fully saturated rings. The lowest BCUT2D eigenvalue weighted by Crippen LogP contribution is -2.16. The van der Waals surface area contributed by atoms with Gasteiger partial charge in [0.1, 0.15) is 12.4 Å². The normalized spacial score (nSPS) is 11.3. The molecule has 2 rings (SSSR count). The Kier molecular flexibility index (Phi) is 4.09. The van der Waals surface area contributed by atoms with Crippen LogP contribution in [0.2, 0.25) is 0 Å². The lowest BCUT2D eigenvalue weighted by atomic mass is 10.2. The van der Waals surface area contributed by atoms with Crippen molar-refractivity contribution in [2.75, 3.05) is 6.54 Å². The van der Waals surface area contributed by atoms with Gasteiger partial charge in [0, 0.05) is 18.3 Å². The van der Waals surface area contributed by atoms with Gasteiger partial charge in [-0.15, -0.1) is 0 Å². The van der Waals surface area contributed by atoms with Crippen LogP contribution in [0.5, 0.6) is 0 Å². The Balaban J connectivity index is 2.06. The van der Waals surface area contributed by atoms with Gasteiger partial charge in [-0.2, -0.15) is 4.98 Å². The molecule has 6 nitrogen and oxygen atoms in total. The molecule has 18 heavy (non-hydrogen) atoms. The molecule has 0 radical (unpaired) electrons. The number of nitrogens with zero attached hydrogens (tertiary/aromatic N) is 4. The fourth-order valence-electron chi connectivity index (χ4n) is 1.60. The molecule has 0 aliphatic rings. The number of hydrogen-bond donors (Lipinski definition) is 1. The maximum Gasteiger partial charge on any atom is 0.246 e. The molecule has 0 saturated carbocycles. The molecule has 0 atom stereocenters. The molecule has 0 aliphatic heterocycles. The van der Waals surface area contributed by atoms with E-state index in [1.54, 1.807) is 6.20 Å². The summed E-state index contributed by atoms with van der Waals surface area (Å²) < 4.78 is 7.24. The van der Waals surface area contributed by atoms with E-state index in [0.29, 0.717) is 12.4 Å². The van der Waals surface area contributed by atoms with Crippen LogP contribution in [0.1, 0.15) is 44.2 Å². The smallest absolute Gasteiger partial charge is 0.246 e. The number of hydrogen-bond acceptors (Lipinski definition) is 5. The Morgan fingerprint density at radius 3 is 2.94 bits per heavy atom. The van der Waals surface area contributed by atoms with Crippen LogP contribution < -0.4 is 5.32 Å². The fraction of sp³-hybridized carbons (Fsp3) is 0.583. The molecular weight excluding hydrogens is 230 g/mol. The van der Waals surface area contributed by atoms with Crippen LogP contribution in [0.3, 0.4) is 0 Å². The zero-order chi connectivity index (χ0) is 13.0. The van der Waals surface area contributed by atoms with Gasteiger partial charge in [-0.05, 0) is 6.54 Å². The van der Waals surface area contributed by atoms with Gasteiger partial charge in [0.25, 0.3) is 0 Å². The van der Waals surface area contributed by atoms with E-state index in [2.05, 4.69) is 27.4 Å². The predicted octanol–water partition coefficient (Wildman–Crippen LogP) is 1.55. The second kappa shape index (κ2) is 5.77. The molecule has 2 aromatic rings. The van der Waals surface area contributed by atoms with Crippen LogP contribution >= 0.6 is 0 Å². The zero-order valence-electron chi connectivity index (χ0n) is 11.1. The van der Waals surface area contributed by atoms with Crippen molar-refractivity contribution in [2.24, 2.45) is 0 Å². The summed E-state index contributed by atoms with van der Waals surface area (Å²) in [5.41, 5.74) is 0. The maximum atomic E-state index is 5.23. The van der Waals surface area contributed by atoms with Crippen molar-refractivity contribution < 1.29 is 4.52 Å². The largest absolute Gasteiger partial charge is 0.337 e. The molecule has 2 aromatic heterocycles. The monoisotopic (exact) mass is 249 g/mol. The van der Waals surface area contributed by atoms with E-state index in [1.165, 1.54) is 0 Å². The highest BCUT2D eigenvalue weighted by Crippen LogP contribution is 2.11. The molecule has 0 saturated heterocycles. The van der Waals surface area contributed by atoms with Crippen molar-refractivity contribution in [3.63, 3.8) is 0 Å². The highest BCUT2D eigenvalue weighted by Gasteiger charge is 2.11. The summed E-state index contributed by atoms with van der Waals surface area (Å²) in [6, 6.07) is 0. The highest BCUT2D eigenvalue weighted by molar-refractivity contribution is 4.97. The van der Waals surface area contributed by atoms with Gasteiger partial charge in [-0.3, -0.25) is 0 Å². The highest BCUT2D eigenvalue weighted by atomic mass is 16.5. The lowest BCUT2D eigenvalue weighted by Gasteiger charge is -2.04. The van der Waals surface area contributed by atoms with E-state index in [-0.39, 0.29) is 5.92 Å². The van der Waals surface area contributed by atoms with E-state index in [4.69, 9.17) is 4.52 Å². The summed E-state index contributed by atoms with van der Waals surface area (Å²) in [6.07, 6.45) is 3.71. The number of aromatic nitrogens is 4. The van der Waals surface area contributed by atoms with Crippen molar-refractivity contribution in [1.82, 2.24) is 25.0 Å². The summed E-state index contributed by atoms with van der Waals surface area (Å²) in [5, 5.41) is 7.20. The molecule has 0 amide bonds. The van der Waals surface area contributed by atoms with E-state index < -0.39 is 0 Å². The molecule has 0 spiro atoms. The SMILES string of the molecule is CCNCc1nccn1Cc1nc(C(C)C)no1. The van der Waals surface area contributed by atoms with Crippen molar-refractivity contribution >= 4 is 0 Å². The van der Waals surface area contributed by atoms with Gasteiger partial charge in [0.2, 0.25) is 5.89 Å². The van der Waals surface area contributed by atoms with Crippen LogP contribution in [-0.4, -0.2) is 26.2 Å². The first-order valence-electron chi connectivity index (χ1n) is 6.24. The summed E-state index contributed by atoms with van der Waals surface area (Å²) in [5.74, 6) is 2.63. The van der Waals surface area contributed by atoms with E-state index in [9.17, 15) is 0 Å². The van der Waals surface area contributed by atoms with Gasteiger partial charge in [-0.25, -0.2) is 4.98 Å². The molecule has 0 bridgehead atoms. The van der Waals surface area contributed by atoms with E-state index >= 15 is 0 Å². The zero-order valence-corrected chi connectivity index (χ0v) is 11.1. The number of imidazole rings is 1. The van der Waals surface area contributed by atoms with E-state index in [0.717, 1.165) is 24.7 Å². The average molecular weight is 249 g/mol. The molecule has 98 valence electrons. The van der Waals surface area contributed by atoms with Gasteiger partial charge in [-0.1, -0.05) is 25.9 Å². The number of rotatable bonds is 6. The summed E-state index contributed by atoms with van der Waals surface area (Å²) in [7, 11) is 0. The summed E-state index contributed by atoms with van der Waals surface area (Å²) >= 11 is 0. The molecule has 0 aliphatic carbocycles. The van der Waals surface area contributed by atoms with Gasteiger partial charge >= 0.3 is 0 Å². The first-order chi connectivity index (χ1) is 8.70. The Bertz CT molecular complexity index is 488. The summed E-state index contributed by atoms with van der Waals surface area (Å²) in [6.45, 7) is 8.39. The Morgan fingerprint density at radius 2 is 2.28 bits per heavy atom. The molecule has 2 heterocycles. The molecule has 0 aromatic carbocycles. The average Bonchev–Trinajstić information content (AvgIpc) is 2.96. The standard InChI is InChI=1S/C12H19N5O/c1-4-13-7-10-14-5-6-17(10)8-11-15-12(9(2)3)16-18-11/h5-6,9,13H,4,7-8H2,1-3H3. The van der Waals surface area contributed by atoms with Crippen LogP contribution in [0.25, 0.3) is 0 Å². The fourth-order valence-corrected chi connectivity index (χ4v) is 1.60. The minimum absolute atomic E-state index is 0.284. The third kappa shape index (κ3) is 2.95. The third-order valence-electron chi connectivity index (χ3n) is 2.64. The second-order valence-corrected chi connectivity index (χ2v) is 4.45. The summed E-state index contributed by atoms with van der Waals surface area (Å²) in [4.78, 5) is 8.66. The molecule has 0 unspecified atom stereocenters.